The molecular weight excluding hydrogens is 1010 g/mol. The topological polar surface area (TPSA) is 175 Å². The third-order valence-corrected chi connectivity index (χ3v) is 16.8. The van der Waals surface area contributed by atoms with Crippen LogP contribution in [-0.2, 0) is 23.8 Å². The summed E-state index contributed by atoms with van der Waals surface area (Å²) in [6.07, 6.45) is 64.7. The maximum absolute atomic E-state index is 13.0. The van der Waals surface area contributed by atoms with E-state index in [0.717, 1.165) is 57.8 Å². The largest absolute Gasteiger partial charge is 0.466 e. The van der Waals surface area contributed by atoms with Crippen LogP contribution in [0.25, 0.3) is 0 Å². The summed E-state index contributed by atoms with van der Waals surface area (Å²) in [5, 5.41) is 54.3. The van der Waals surface area contributed by atoms with Gasteiger partial charge in [0.2, 0.25) is 5.91 Å². The molecule has 0 aliphatic carbocycles. The number of esters is 1. The Balaban J connectivity index is 1.92. The number of hydrogen-bond acceptors (Lipinski definition) is 10. The van der Waals surface area contributed by atoms with E-state index in [4.69, 9.17) is 14.2 Å². The van der Waals surface area contributed by atoms with Gasteiger partial charge in [-0.3, -0.25) is 9.59 Å². The maximum atomic E-state index is 13.0. The first-order valence-corrected chi connectivity index (χ1v) is 35.1. The quantitative estimate of drug-likeness (QED) is 0.0195. The molecule has 478 valence electrons. The van der Waals surface area contributed by atoms with Crippen LogP contribution in [0.2, 0.25) is 0 Å². The Labute approximate surface area is 499 Å². The van der Waals surface area contributed by atoms with Crippen LogP contribution in [0.3, 0.4) is 0 Å². The van der Waals surface area contributed by atoms with Crippen molar-refractivity contribution < 1.29 is 49.3 Å². The van der Waals surface area contributed by atoms with E-state index in [1.807, 2.05) is 6.08 Å². The fourth-order valence-electron chi connectivity index (χ4n) is 11.3. The van der Waals surface area contributed by atoms with Crippen molar-refractivity contribution in [3.63, 3.8) is 0 Å². The van der Waals surface area contributed by atoms with E-state index in [9.17, 15) is 35.1 Å². The molecule has 11 nitrogen and oxygen atoms in total. The van der Waals surface area contributed by atoms with Gasteiger partial charge in [-0.2, -0.15) is 0 Å². The van der Waals surface area contributed by atoms with Gasteiger partial charge >= 0.3 is 5.97 Å². The molecule has 1 rings (SSSR count). The van der Waals surface area contributed by atoms with E-state index in [0.29, 0.717) is 19.4 Å². The first-order valence-electron chi connectivity index (χ1n) is 35.1. The summed E-state index contributed by atoms with van der Waals surface area (Å²) in [6.45, 7) is 4.35. The van der Waals surface area contributed by atoms with Gasteiger partial charge in [-0.25, -0.2) is 0 Å². The van der Waals surface area contributed by atoms with E-state index >= 15 is 0 Å². The van der Waals surface area contributed by atoms with Crippen LogP contribution in [-0.4, -0.2) is 100 Å². The summed E-state index contributed by atoms with van der Waals surface area (Å²) in [6, 6.07) is -0.810. The van der Waals surface area contributed by atoms with Gasteiger partial charge in [-0.1, -0.05) is 301 Å². The van der Waals surface area contributed by atoms with Gasteiger partial charge in [0.1, 0.15) is 24.4 Å². The first-order chi connectivity index (χ1) is 39.7. The first kappa shape index (κ1) is 77.2. The van der Waals surface area contributed by atoms with Crippen molar-refractivity contribution in [2.24, 2.45) is 0 Å². The molecule has 1 aliphatic rings. The average molecular weight is 1150 g/mol. The number of amides is 1. The molecule has 7 unspecified atom stereocenters. The highest BCUT2D eigenvalue weighted by atomic mass is 16.7. The summed E-state index contributed by atoms with van der Waals surface area (Å²) in [5.74, 6) is -0.175. The summed E-state index contributed by atoms with van der Waals surface area (Å²) < 4.78 is 16.7. The average Bonchev–Trinajstić information content (AvgIpc) is 3.47. The molecular formula is C70H133NO10. The number of unbranched alkanes of at least 4 members (excludes halogenated alkanes) is 46. The van der Waals surface area contributed by atoms with Crippen molar-refractivity contribution in [1.82, 2.24) is 5.32 Å². The predicted molar refractivity (Wildman–Crippen MR) is 338 cm³/mol. The minimum Gasteiger partial charge on any atom is -0.466 e. The molecule has 81 heavy (non-hydrogen) atoms. The predicted octanol–water partition coefficient (Wildman–Crippen LogP) is 17.6. The van der Waals surface area contributed by atoms with Crippen LogP contribution in [0.1, 0.15) is 348 Å². The van der Waals surface area contributed by atoms with Crippen LogP contribution >= 0.6 is 0 Å². The van der Waals surface area contributed by atoms with Gasteiger partial charge in [-0.15, -0.1) is 0 Å². The molecule has 1 saturated heterocycles. The van der Waals surface area contributed by atoms with Gasteiger partial charge in [0.15, 0.2) is 6.29 Å². The van der Waals surface area contributed by atoms with Crippen LogP contribution in [0, 0.1) is 0 Å². The van der Waals surface area contributed by atoms with Crippen molar-refractivity contribution in [3.05, 3.63) is 24.3 Å². The van der Waals surface area contributed by atoms with Gasteiger partial charge in [0, 0.05) is 12.8 Å². The Bertz CT molecular complexity index is 1390. The Morgan fingerprint density at radius 2 is 0.790 bits per heavy atom. The van der Waals surface area contributed by atoms with Crippen molar-refractivity contribution in [2.75, 3.05) is 19.8 Å². The molecule has 1 fully saturated rings. The number of carbonyl (C=O) groups is 2. The monoisotopic (exact) mass is 1150 g/mol. The lowest BCUT2D eigenvalue weighted by atomic mass is 9.99. The highest BCUT2D eigenvalue weighted by Gasteiger charge is 2.44. The fourth-order valence-corrected chi connectivity index (χ4v) is 11.3. The molecule has 0 bridgehead atoms. The van der Waals surface area contributed by atoms with Crippen molar-refractivity contribution >= 4 is 11.9 Å². The number of carbonyl (C=O) groups excluding carboxylic acids is 2. The molecule has 0 saturated carbocycles. The zero-order chi connectivity index (χ0) is 58.7. The summed E-state index contributed by atoms with van der Waals surface area (Å²) in [5.41, 5.74) is 0. The lowest BCUT2D eigenvalue weighted by molar-refractivity contribution is -0.302. The second kappa shape index (κ2) is 59.9. The normalized spacial score (nSPS) is 18.3. The lowest BCUT2D eigenvalue weighted by Crippen LogP contribution is -2.60. The second-order valence-corrected chi connectivity index (χ2v) is 24.6. The number of rotatable bonds is 62. The molecule has 0 aromatic heterocycles. The fraction of sp³-hybridized carbons (Fsp3) is 0.914. The van der Waals surface area contributed by atoms with E-state index in [2.05, 4.69) is 31.3 Å². The minimum absolute atomic E-state index is 0.00918. The maximum Gasteiger partial charge on any atom is 0.305 e. The van der Waals surface area contributed by atoms with Gasteiger partial charge in [-0.05, 0) is 57.8 Å². The van der Waals surface area contributed by atoms with Crippen LogP contribution < -0.4 is 5.32 Å². The zero-order valence-corrected chi connectivity index (χ0v) is 53.0. The van der Waals surface area contributed by atoms with E-state index < -0.39 is 49.5 Å². The highest BCUT2D eigenvalue weighted by molar-refractivity contribution is 5.76. The number of aliphatic hydroxyl groups excluding tert-OH is 5. The second-order valence-electron chi connectivity index (χ2n) is 24.6. The SMILES string of the molecule is CCCCCCCCC/C=C/C(O)C(COC1OC(CO)C(O)C(O)C1O)NC(=O)CCCCCCCCCCCC/C=C\CCCCCCCCCCCCCCOC(=O)CCCCCCCCCCCCCCCCCCCC. The molecule has 0 spiro atoms. The molecule has 0 aromatic rings. The smallest absolute Gasteiger partial charge is 0.305 e. The molecule has 1 amide bonds. The summed E-state index contributed by atoms with van der Waals surface area (Å²) >= 11 is 0. The molecule has 0 radical (unpaired) electrons. The summed E-state index contributed by atoms with van der Waals surface area (Å²) in [4.78, 5) is 25.1. The van der Waals surface area contributed by atoms with Crippen LogP contribution in [0.15, 0.2) is 24.3 Å². The van der Waals surface area contributed by atoms with Gasteiger partial charge < -0.3 is 45.1 Å². The standard InChI is InChI=1S/C70H133NO10/c1-3-5-7-9-11-13-14-15-16-17-29-32-35-38-42-46-50-54-58-66(75)79-59-55-51-47-43-39-36-33-30-27-25-23-21-19-18-20-22-24-26-28-31-34-37-41-45-49-53-57-65(74)71-62(63(73)56-52-48-44-40-12-10-8-6-4-2)61-80-70-69(78)68(77)67(76)64(60-72)81-70/h18,20,52,56,62-64,67-70,72-73,76-78H,3-17,19,21-51,53-55,57-61H2,1-2H3,(H,71,74)/b20-18-,56-52+. The number of ether oxygens (including phenoxy) is 3. The van der Waals surface area contributed by atoms with Crippen molar-refractivity contribution in [1.29, 1.82) is 0 Å². The number of hydrogen-bond donors (Lipinski definition) is 6. The van der Waals surface area contributed by atoms with E-state index in [1.165, 1.54) is 263 Å². The molecule has 11 heteroatoms. The molecule has 1 aliphatic heterocycles. The third kappa shape index (κ3) is 49.0. The summed E-state index contributed by atoms with van der Waals surface area (Å²) in [7, 11) is 0. The van der Waals surface area contributed by atoms with Gasteiger partial charge in [0.05, 0.1) is 32.0 Å². The zero-order valence-electron chi connectivity index (χ0n) is 53.0. The lowest BCUT2D eigenvalue weighted by Gasteiger charge is -2.40. The van der Waals surface area contributed by atoms with Crippen LogP contribution in [0.5, 0.6) is 0 Å². The van der Waals surface area contributed by atoms with E-state index in [-0.39, 0.29) is 18.5 Å². The molecule has 0 aromatic carbocycles. The van der Waals surface area contributed by atoms with Crippen molar-refractivity contribution in [2.45, 2.75) is 391 Å². The van der Waals surface area contributed by atoms with Crippen molar-refractivity contribution in [3.8, 4) is 0 Å². The van der Waals surface area contributed by atoms with Crippen LogP contribution in [0.4, 0.5) is 0 Å². The molecule has 7 atom stereocenters. The highest BCUT2D eigenvalue weighted by Crippen LogP contribution is 2.23. The molecule has 1 heterocycles. The third-order valence-electron chi connectivity index (χ3n) is 16.8. The Kier molecular flexibility index (Phi) is 57.0. The number of allylic oxidation sites excluding steroid dienone is 3. The van der Waals surface area contributed by atoms with E-state index in [1.54, 1.807) is 6.08 Å². The van der Waals surface area contributed by atoms with Gasteiger partial charge in [0.25, 0.3) is 0 Å². The Morgan fingerprint density at radius 3 is 1.19 bits per heavy atom. The Morgan fingerprint density at radius 1 is 0.444 bits per heavy atom. The minimum atomic E-state index is -1.57. The Hall–Kier alpha value is -1.86. The molecule has 6 N–H and O–H groups in total. The number of nitrogens with one attached hydrogen (secondary N) is 1. The number of aliphatic hydroxyl groups is 5.